The molecule has 0 aromatic heterocycles. The quantitative estimate of drug-likeness (QED) is 0.389. The highest BCUT2D eigenvalue weighted by atomic mass is 16.2. The zero-order chi connectivity index (χ0) is 15.7. The fourth-order valence-electron chi connectivity index (χ4n) is 4.64. The minimum Gasteiger partial charge on any atom is -0.282 e. The van der Waals surface area contributed by atoms with Crippen molar-refractivity contribution in [2.75, 3.05) is 6.54 Å². The molecule has 1 saturated carbocycles. The second kappa shape index (κ2) is 6.55. The number of nitrogens with zero attached hydrogens (tertiary/aromatic N) is 1. The number of likely N-dealkylation sites (tertiary alicyclic amines) is 1. The minimum absolute atomic E-state index is 0.0222. The Balaban J connectivity index is 1.44. The number of hydrogen-bond acceptors (Lipinski definition) is 2. The lowest BCUT2D eigenvalue weighted by Crippen LogP contribution is -2.33. The summed E-state index contributed by atoms with van der Waals surface area (Å²) < 4.78 is 0. The van der Waals surface area contributed by atoms with E-state index in [2.05, 4.69) is 26.0 Å². The summed E-state index contributed by atoms with van der Waals surface area (Å²) in [6.45, 7) is 5.19. The molecule has 1 heterocycles. The van der Waals surface area contributed by atoms with Gasteiger partial charge >= 0.3 is 0 Å². The smallest absolute Gasteiger partial charge is 0.233 e. The first-order chi connectivity index (χ1) is 10.6. The van der Waals surface area contributed by atoms with Crippen LogP contribution in [-0.2, 0) is 9.59 Å². The molecular formula is C19H29NO2. The molecule has 1 aliphatic heterocycles. The first kappa shape index (κ1) is 15.8. The van der Waals surface area contributed by atoms with E-state index in [0.29, 0.717) is 18.4 Å². The Hall–Kier alpha value is -1.12. The van der Waals surface area contributed by atoms with Gasteiger partial charge in [-0.15, -0.1) is 0 Å². The van der Waals surface area contributed by atoms with Crippen molar-refractivity contribution >= 4 is 11.8 Å². The van der Waals surface area contributed by atoms with E-state index in [-0.39, 0.29) is 23.7 Å². The molecule has 0 spiro atoms. The van der Waals surface area contributed by atoms with Crippen LogP contribution in [0.1, 0.15) is 58.8 Å². The number of imide groups is 1. The van der Waals surface area contributed by atoms with Crippen molar-refractivity contribution < 1.29 is 9.59 Å². The number of amides is 2. The number of unbranched alkanes of at least 4 members (excludes halogenated alkanes) is 2. The van der Waals surface area contributed by atoms with E-state index in [4.69, 9.17) is 0 Å². The van der Waals surface area contributed by atoms with Crippen LogP contribution in [0.25, 0.3) is 0 Å². The summed E-state index contributed by atoms with van der Waals surface area (Å²) in [5.74, 6) is 1.63. The molecule has 5 atom stereocenters. The summed E-state index contributed by atoms with van der Waals surface area (Å²) in [7, 11) is 0. The highest BCUT2D eigenvalue weighted by Gasteiger charge is 2.58. The second-order valence-corrected chi connectivity index (χ2v) is 7.57. The maximum Gasteiger partial charge on any atom is 0.233 e. The molecule has 122 valence electrons. The van der Waals surface area contributed by atoms with Gasteiger partial charge in [-0.25, -0.2) is 0 Å². The highest BCUT2D eigenvalue weighted by molar-refractivity contribution is 6.06. The van der Waals surface area contributed by atoms with Crippen LogP contribution in [0.3, 0.4) is 0 Å². The first-order valence-corrected chi connectivity index (χ1v) is 9.17. The van der Waals surface area contributed by atoms with Crippen molar-refractivity contribution in [3.63, 3.8) is 0 Å². The van der Waals surface area contributed by atoms with Crippen molar-refractivity contribution in [1.82, 2.24) is 4.90 Å². The second-order valence-electron chi connectivity index (χ2n) is 7.57. The summed E-state index contributed by atoms with van der Waals surface area (Å²) in [4.78, 5) is 26.6. The maximum absolute atomic E-state index is 12.5. The molecule has 0 N–H and O–H groups in total. The van der Waals surface area contributed by atoms with Gasteiger partial charge in [0.1, 0.15) is 0 Å². The van der Waals surface area contributed by atoms with Crippen LogP contribution >= 0.6 is 0 Å². The maximum atomic E-state index is 12.5. The molecule has 0 aromatic carbocycles. The third-order valence-electron chi connectivity index (χ3n) is 5.94. The van der Waals surface area contributed by atoms with E-state index in [1.165, 1.54) is 25.7 Å². The molecule has 2 bridgehead atoms. The van der Waals surface area contributed by atoms with Gasteiger partial charge in [-0.2, -0.15) is 0 Å². The third kappa shape index (κ3) is 2.75. The monoisotopic (exact) mass is 303 g/mol. The molecule has 3 aliphatic rings. The number of carbonyl (C=O) groups excluding carboxylic acids is 2. The predicted octanol–water partition coefficient (Wildman–Crippen LogP) is 3.79. The summed E-state index contributed by atoms with van der Waals surface area (Å²) in [6, 6.07) is 0. The summed E-state index contributed by atoms with van der Waals surface area (Å²) in [5, 5.41) is 0. The number of rotatable bonds is 8. The van der Waals surface area contributed by atoms with E-state index < -0.39 is 0 Å². The van der Waals surface area contributed by atoms with Crippen LogP contribution < -0.4 is 0 Å². The molecule has 22 heavy (non-hydrogen) atoms. The first-order valence-electron chi connectivity index (χ1n) is 9.17. The lowest BCUT2D eigenvalue weighted by Gasteiger charge is -2.17. The van der Waals surface area contributed by atoms with Gasteiger partial charge in [0.2, 0.25) is 11.8 Å². The van der Waals surface area contributed by atoms with E-state index in [9.17, 15) is 9.59 Å². The molecule has 5 unspecified atom stereocenters. The summed E-state index contributed by atoms with van der Waals surface area (Å²) in [5.41, 5.74) is 0. The predicted molar refractivity (Wildman–Crippen MR) is 87.0 cm³/mol. The van der Waals surface area contributed by atoms with Crippen LogP contribution in [0.5, 0.6) is 0 Å². The average molecular weight is 303 g/mol. The number of carbonyl (C=O) groups is 2. The highest BCUT2D eigenvalue weighted by Crippen LogP contribution is 2.52. The van der Waals surface area contributed by atoms with Crippen molar-refractivity contribution in [2.24, 2.45) is 29.6 Å². The molecule has 3 nitrogen and oxygen atoms in total. The Morgan fingerprint density at radius 1 is 1.05 bits per heavy atom. The van der Waals surface area contributed by atoms with E-state index in [1.54, 1.807) is 4.90 Å². The van der Waals surface area contributed by atoms with Crippen molar-refractivity contribution in [1.29, 1.82) is 0 Å². The van der Waals surface area contributed by atoms with Gasteiger partial charge in [-0.1, -0.05) is 58.1 Å². The molecule has 0 radical (unpaired) electrons. The van der Waals surface area contributed by atoms with Gasteiger partial charge < -0.3 is 0 Å². The lowest BCUT2D eigenvalue weighted by atomic mass is 9.85. The Labute approximate surface area is 134 Å². The van der Waals surface area contributed by atoms with Gasteiger partial charge in [0.05, 0.1) is 11.8 Å². The van der Waals surface area contributed by atoms with Gasteiger partial charge in [0, 0.05) is 6.54 Å². The molecular weight excluding hydrogens is 274 g/mol. The van der Waals surface area contributed by atoms with Crippen molar-refractivity contribution in [3.8, 4) is 0 Å². The Kier molecular flexibility index (Phi) is 4.70. The summed E-state index contributed by atoms with van der Waals surface area (Å²) >= 11 is 0. The zero-order valence-corrected chi connectivity index (χ0v) is 14.0. The topological polar surface area (TPSA) is 37.4 Å². The Morgan fingerprint density at radius 2 is 1.64 bits per heavy atom. The zero-order valence-electron chi connectivity index (χ0n) is 14.0. The Morgan fingerprint density at radius 3 is 2.23 bits per heavy atom. The largest absolute Gasteiger partial charge is 0.282 e. The average Bonchev–Trinajstić information content (AvgIpc) is 3.17. The van der Waals surface area contributed by atoms with Gasteiger partial charge in [0.25, 0.3) is 0 Å². The number of allylic oxidation sites excluding steroid dienone is 2. The van der Waals surface area contributed by atoms with Gasteiger partial charge in [0.15, 0.2) is 0 Å². The minimum atomic E-state index is -0.0222. The van der Waals surface area contributed by atoms with Crippen LogP contribution in [0.15, 0.2) is 12.2 Å². The molecule has 2 aliphatic carbocycles. The normalized spacial score (nSPS) is 33.8. The fraction of sp³-hybridized carbons (Fsp3) is 0.789. The SMILES string of the molecule is CCCCC(C)CCCCN1C(=O)C2C3C=CC(C3)C2C1=O. The molecule has 3 heteroatoms. The van der Waals surface area contributed by atoms with E-state index in [1.807, 2.05) is 0 Å². The van der Waals surface area contributed by atoms with E-state index in [0.717, 1.165) is 25.2 Å². The van der Waals surface area contributed by atoms with Crippen molar-refractivity contribution in [3.05, 3.63) is 12.2 Å². The standard InChI is InChI=1S/C19H29NO2/c1-3-4-7-13(2)8-5-6-11-20-18(21)16-14-9-10-15(12-14)17(16)19(20)22/h9-10,13-17H,3-8,11-12H2,1-2H3. The molecule has 2 fully saturated rings. The van der Waals surface area contributed by atoms with Crippen LogP contribution in [0.4, 0.5) is 0 Å². The molecule has 2 amide bonds. The Bertz CT molecular complexity index is 440. The van der Waals surface area contributed by atoms with Gasteiger partial charge in [-0.05, 0) is 30.6 Å². The van der Waals surface area contributed by atoms with Crippen LogP contribution in [0.2, 0.25) is 0 Å². The number of hydrogen-bond donors (Lipinski definition) is 0. The number of fused-ring (bicyclic) bond motifs is 5. The lowest BCUT2D eigenvalue weighted by molar-refractivity contribution is -0.140. The van der Waals surface area contributed by atoms with E-state index >= 15 is 0 Å². The summed E-state index contributed by atoms with van der Waals surface area (Å²) in [6.07, 6.45) is 12.5. The molecule has 0 aromatic rings. The third-order valence-corrected chi connectivity index (χ3v) is 5.94. The molecule has 1 saturated heterocycles. The van der Waals surface area contributed by atoms with Crippen LogP contribution in [-0.4, -0.2) is 23.3 Å². The fourth-order valence-corrected chi connectivity index (χ4v) is 4.64. The van der Waals surface area contributed by atoms with Crippen LogP contribution in [0, 0.1) is 29.6 Å². The van der Waals surface area contributed by atoms with Gasteiger partial charge in [-0.3, -0.25) is 14.5 Å². The van der Waals surface area contributed by atoms with Crippen molar-refractivity contribution in [2.45, 2.75) is 58.8 Å². The molecule has 3 rings (SSSR count).